The summed E-state index contributed by atoms with van der Waals surface area (Å²) < 4.78 is 2.35. The van der Waals surface area contributed by atoms with Crippen LogP contribution in [-0.4, -0.2) is 24.3 Å². The van der Waals surface area contributed by atoms with Crippen LogP contribution in [0.25, 0.3) is 72.3 Å². The van der Waals surface area contributed by atoms with Gasteiger partial charge in [0.2, 0.25) is 0 Å². The Morgan fingerprint density at radius 2 is 0.973 bits per heavy atom. The number of hydrogen-bond donors (Lipinski definition) is 0. The van der Waals surface area contributed by atoms with Gasteiger partial charge in [-0.3, -0.25) is 4.98 Å². The van der Waals surface area contributed by atoms with E-state index in [-0.39, 0.29) is 0 Å². The standard InChI is InChI=1S/C32H19N5/c1-3-9-20(10-4-1)30-34-31(21-11-5-2-6-12-21)36-32(35-30)22-15-16-28-24(17-22)26-19-33-18-25-23-13-7-8-14-27(23)37(28)29(25)26/h1-19H. The normalized spacial score (nSPS) is 11.8. The molecule has 4 heterocycles. The molecule has 172 valence electrons. The molecule has 0 fully saturated rings. The van der Waals surface area contributed by atoms with Crippen molar-refractivity contribution >= 4 is 38.1 Å². The van der Waals surface area contributed by atoms with Crippen LogP contribution in [0.3, 0.4) is 0 Å². The number of aromatic nitrogens is 5. The average Bonchev–Trinajstić information content (AvgIpc) is 3.50. The predicted octanol–water partition coefficient (Wildman–Crippen LogP) is 7.42. The van der Waals surface area contributed by atoms with E-state index in [1.807, 2.05) is 73.1 Å². The molecule has 37 heavy (non-hydrogen) atoms. The van der Waals surface area contributed by atoms with Crippen molar-refractivity contribution in [1.29, 1.82) is 0 Å². The number of hydrogen-bond acceptors (Lipinski definition) is 4. The van der Waals surface area contributed by atoms with Crippen molar-refractivity contribution in [2.24, 2.45) is 0 Å². The maximum absolute atomic E-state index is 4.92. The first-order valence-corrected chi connectivity index (χ1v) is 12.2. The van der Waals surface area contributed by atoms with Crippen molar-refractivity contribution < 1.29 is 0 Å². The van der Waals surface area contributed by atoms with Crippen LogP contribution in [0.4, 0.5) is 0 Å². The number of rotatable bonds is 3. The summed E-state index contributed by atoms with van der Waals surface area (Å²) in [6, 6.07) is 35.1. The molecule has 0 atom stereocenters. The van der Waals surface area contributed by atoms with E-state index in [9.17, 15) is 0 Å². The highest BCUT2D eigenvalue weighted by Gasteiger charge is 2.19. The van der Waals surface area contributed by atoms with E-state index in [0.29, 0.717) is 17.5 Å². The zero-order valence-electron chi connectivity index (χ0n) is 19.7. The molecule has 0 aliphatic rings. The lowest BCUT2D eigenvalue weighted by Gasteiger charge is -2.08. The zero-order valence-corrected chi connectivity index (χ0v) is 19.7. The molecule has 0 radical (unpaired) electrons. The average molecular weight is 474 g/mol. The van der Waals surface area contributed by atoms with E-state index in [2.05, 4.69) is 51.8 Å². The lowest BCUT2D eigenvalue weighted by Crippen LogP contribution is -2.00. The summed E-state index contributed by atoms with van der Waals surface area (Å²) in [7, 11) is 0. The molecular weight excluding hydrogens is 454 g/mol. The molecule has 4 aromatic carbocycles. The van der Waals surface area contributed by atoms with Crippen LogP contribution in [0.1, 0.15) is 0 Å². The Morgan fingerprint density at radius 3 is 1.65 bits per heavy atom. The van der Waals surface area contributed by atoms with E-state index in [1.54, 1.807) is 0 Å². The minimum Gasteiger partial charge on any atom is -0.308 e. The largest absolute Gasteiger partial charge is 0.308 e. The fourth-order valence-electron chi connectivity index (χ4n) is 5.38. The molecule has 4 aromatic heterocycles. The summed E-state index contributed by atoms with van der Waals surface area (Å²) in [4.78, 5) is 19.3. The molecule has 8 rings (SSSR count). The number of benzene rings is 4. The van der Waals surface area contributed by atoms with Crippen molar-refractivity contribution in [3.05, 3.63) is 116 Å². The second-order valence-electron chi connectivity index (χ2n) is 9.21. The smallest absolute Gasteiger partial charge is 0.164 e. The van der Waals surface area contributed by atoms with E-state index >= 15 is 0 Å². The minimum atomic E-state index is 0.650. The molecule has 5 nitrogen and oxygen atoms in total. The highest BCUT2D eigenvalue weighted by molar-refractivity contribution is 6.23. The Hall–Kier alpha value is -5.16. The van der Waals surface area contributed by atoms with Crippen LogP contribution in [0.2, 0.25) is 0 Å². The van der Waals surface area contributed by atoms with Crippen LogP contribution in [0.15, 0.2) is 116 Å². The van der Waals surface area contributed by atoms with Gasteiger partial charge in [-0.25, -0.2) is 15.0 Å². The van der Waals surface area contributed by atoms with E-state index in [1.165, 1.54) is 21.8 Å². The zero-order chi connectivity index (χ0) is 24.3. The summed E-state index contributed by atoms with van der Waals surface area (Å²) in [5, 5.41) is 4.66. The number of para-hydroxylation sites is 1. The SMILES string of the molecule is c1ccc(-c2nc(-c3ccccc3)nc(-c3ccc4c(c3)c3cncc5c6ccccc6n4c53)n2)cc1. The maximum Gasteiger partial charge on any atom is 0.164 e. The third-order valence-electron chi connectivity index (χ3n) is 7.06. The highest BCUT2D eigenvalue weighted by atomic mass is 15.0. The molecule has 5 heteroatoms. The van der Waals surface area contributed by atoms with Crippen LogP contribution in [0, 0.1) is 0 Å². The molecule has 0 saturated carbocycles. The minimum absolute atomic E-state index is 0.650. The molecule has 0 bridgehead atoms. The molecule has 0 spiro atoms. The number of nitrogens with zero attached hydrogens (tertiary/aromatic N) is 5. The van der Waals surface area contributed by atoms with Gasteiger partial charge in [-0.1, -0.05) is 78.9 Å². The van der Waals surface area contributed by atoms with Crippen LogP contribution in [0.5, 0.6) is 0 Å². The van der Waals surface area contributed by atoms with Gasteiger partial charge in [0.05, 0.1) is 16.6 Å². The molecule has 0 saturated heterocycles. The summed E-state index contributed by atoms with van der Waals surface area (Å²) in [6.07, 6.45) is 3.93. The third kappa shape index (κ3) is 2.98. The molecule has 0 amide bonds. The lowest BCUT2D eigenvalue weighted by atomic mass is 10.1. The molecule has 8 aromatic rings. The molecule has 0 aliphatic carbocycles. The Kier molecular flexibility index (Phi) is 4.16. The van der Waals surface area contributed by atoms with Crippen molar-refractivity contribution in [2.75, 3.05) is 0 Å². The first-order chi connectivity index (χ1) is 18.3. The van der Waals surface area contributed by atoms with E-state index < -0.39 is 0 Å². The second-order valence-corrected chi connectivity index (χ2v) is 9.21. The Bertz CT molecular complexity index is 2020. The van der Waals surface area contributed by atoms with Crippen molar-refractivity contribution in [3.8, 4) is 34.2 Å². The van der Waals surface area contributed by atoms with Gasteiger partial charge in [0, 0.05) is 50.6 Å². The molecule has 0 unspecified atom stereocenters. The third-order valence-corrected chi connectivity index (χ3v) is 7.06. The van der Waals surface area contributed by atoms with Gasteiger partial charge in [-0.2, -0.15) is 0 Å². The second kappa shape index (κ2) is 7.67. The summed E-state index contributed by atoms with van der Waals surface area (Å²) >= 11 is 0. The lowest BCUT2D eigenvalue weighted by molar-refractivity contribution is 1.07. The molecule has 0 aliphatic heterocycles. The van der Waals surface area contributed by atoms with Crippen molar-refractivity contribution in [3.63, 3.8) is 0 Å². The van der Waals surface area contributed by atoms with Crippen LogP contribution >= 0.6 is 0 Å². The van der Waals surface area contributed by atoms with Gasteiger partial charge in [0.1, 0.15) is 0 Å². The first-order valence-electron chi connectivity index (χ1n) is 12.2. The number of pyridine rings is 1. The number of fused-ring (bicyclic) bond motifs is 6. The molecule has 0 N–H and O–H groups in total. The van der Waals surface area contributed by atoms with Gasteiger partial charge in [0.15, 0.2) is 17.5 Å². The van der Waals surface area contributed by atoms with Gasteiger partial charge < -0.3 is 4.40 Å². The highest BCUT2D eigenvalue weighted by Crippen LogP contribution is 2.39. The van der Waals surface area contributed by atoms with Crippen molar-refractivity contribution in [2.45, 2.75) is 0 Å². The van der Waals surface area contributed by atoms with Gasteiger partial charge in [-0.05, 0) is 24.3 Å². The maximum atomic E-state index is 4.92. The molecular formula is C32H19N5. The summed E-state index contributed by atoms with van der Waals surface area (Å²) in [5.74, 6) is 1.97. The van der Waals surface area contributed by atoms with Gasteiger partial charge in [0.25, 0.3) is 0 Å². The first kappa shape index (κ1) is 20.1. The van der Waals surface area contributed by atoms with Crippen LogP contribution in [-0.2, 0) is 0 Å². The Balaban J connectivity index is 1.40. The van der Waals surface area contributed by atoms with E-state index in [4.69, 9.17) is 15.0 Å². The monoisotopic (exact) mass is 473 g/mol. The van der Waals surface area contributed by atoms with E-state index in [0.717, 1.165) is 33.0 Å². The fourth-order valence-corrected chi connectivity index (χ4v) is 5.38. The van der Waals surface area contributed by atoms with Gasteiger partial charge >= 0.3 is 0 Å². The topological polar surface area (TPSA) is 56.0 Å². The quantitative estimate of drug-likeness (QED) is 0.268. The Morgan fingerprint density at radius 1 is 0.432 bits per heavy atom. The fraction of sp³-hybridized carbons (Fsp3) is 0. The van der Waals surface area contributed by atoms with Gasteiger partial charge in [-0.15, -0.1) is 0 Å². The summed E-state index contributed by atoms with van der Waals surface area (Å²) in [5.41, 5.74) is 6.41. The predicted molar refractivity (Wildman–Crippen MR) is 149 cm³/mol. The van der Waals surface area contributed by atoms with Crippen molar-refractivity contribution in [1.82, 2.24) is 24.3 Å². The van der Waals surface area contributed by atoms with Crippen LogP contribution < -0.4 is 0 Å². The Labute approximate surface area is 212 Å². The summed E-state index contributed by atoms with van der Waals surface area (Å²) in [6.45, 7) is 0.